The van der Waals surface area contributed by atoms with Crippen molar-refractivity contribution in [2.45, 2.75) is 84.1 Å². The van der Waals surface area contributed by atoms with Gasteiger partial charge in [-0.1, -0.05) is 57.0 Å². The molecular weight excluding hydrogens is 242 g/mol. The molecule has 0 saturated heterocycles. The number of unbranched alkanes of at least 4 members (excludes halogenated alkanes) is 7. The molecule has 0 N–H and O–H groups in total. The number of nitroso groups, excluding NO2 is 1. The van der Waals surface area contributed by atoms with E-state index in [0.717, 1.165) is 12.8 Å². The molecule has 4 heteroatoms. The molecule has 0 aliphatic rings. The number of rotatable bonds is 12. The first kappa shape index (κ1) is 18.1. The number of hydrogen-bond acceptors (Lipinski definition) is 4. The van der Waals surface area contributed by atoms with Crippen molar-refractivity contribution >= 4 is 5.97 Å². The van der Waals surface area contributed by atoms with Gasteiger partial charge in [0.2, 0.25) is 0 Å². The summed E-state index contributed by atoms with van der Waals surface area (Å²) in [7, 11) is 0. The Balaban J connectivity index is 3.37. The van der Waals surface area contributed by atoms with E-state index in [9.17, 15) is 9.70 Å². The van der Waals surface area contributed by atoms with Crippen molar-refractivity contribution in [2.24, 2.45) is 5.18 Å². The lowest BCUT2D eigenvalue weighted by Gasteiger charge is -2.14. The van der Waals surface area contributed by atoms with E-state index in [4.69, 9.17) is 4.74 Å². The van der Waals surface area contributed by atoms with E-state index in [-0.39, 0.29) is 12.6 Å². The maximum Gasteiger partial charge on any atom is 0.305 e. The Morgan fingerprint density at radius 2 is 1.53 bits per heavy atom. The zero-order valence-corrected chi connectivity index (χ0v) is 12.7. The Kier molecular flexibility index (Phi) is 10.4. The third-order valence-corrected chi connectivity index (χ3v) is 3.07. The molecule has 0 radical (unpaired) electrons. The van der Waals surface area contributed by atoms with E-state index in [1.165, 1.54) is 38.5 Å². The fourth-order valence-corrected chi connectivity index (χ4v) is 1.76. The lowest BCUT2D eigenvalue weighted by Crippen LogP contribution is -2.25. The fourth-order valence-electron chi connectivity index (χ4n) is 1.76. The van der Waals surface area contributed by atoms with Gasteiger partial charge in [-0.15, -0.1) is 0 Å². The van der Waals surface area contributed by atoms with Gasteiger partial charge < -0.3 is 4.74 Å². The Hall–Kier alpha value is -0.930. The highest BCUT2D eigenvalue weighted by Crippen LogP contribution is 2.11. The van der Waals surface area contributed by atoms with Crippen LogP contribution in [0.2, 0.25) is 0 Å². The van der Waals surface area contributed by atoms with Crippen LogP contribution in [0.25, 0.3) is 0 Å². The molecule has 0 rings (SSSR count). The van der Waals surface area contributed by atoms with Gasteiger partial charge in [-0.3, -0.25) is 4.79 Å². The summed E-state index contributed by atoms with van der Waals surface area (Å²) in [5, 5.41) is 2.91. The number of hydrogen-bond donors (Lipinski definition) is 0. The second kappa shape index (κ2) is 10.9. The lowest BCUT2D eigenvalue weighted by molar-refractivity contribution is -0.145. The quantitative estimate of drug-likeness (QED) is 0.296. The molecule has 0 aromatic carbocycles. The average Bonchev–Trinajstić information content (AvgIpc) is 2.39. The molecule has 19 heavy (non-hydrogen) atoms. The van der Waals surface area contributed by atoms with Crippen LogP contribution in [0.4, 0.5) is 0 Å². The van der Waals surface area contributed by atoms with E-state index < -0.39 is 5.54 Å². The molecule has 112 valence electrons. The highest BCUT2D eigenvalue weighted by molar-refractivity contribution is 5.69. The van der Waals surface area contributed by atoms with Gasteiger partial charge >= 0.3 is 5.97 Å². The number of nitrogens with zero attached hydrogens (tertiary/aromatic N) is 1. The molecular formula is C15H29NO3. The Morgan fingerprint density at radius 1 is 1.00 bits per heavy atom. The number of esters is 1. The van der Waals surface area contributed by atoms with Gasteiger partial charge in [0, 0.05) is 6.42 Å². The average molecular weight is 271 g/mol. The molecule has 0 fully saturated rings. The Bertz CT molecular complexity index is 252. The van der Waals surface area contributed by atoms with Crippen molar-refractivity contribution in [3.63, 3.8) is 0 Å². The van der Waals surface area contributed by atoms with Gasteiger partial charge in [0.05, 0.1) is 0 Å². The molecule has 0 aliphatic heterocycles. The standard InChI is InChI=1S/C15H29NO3/c1-4-5-6-7-8-9-10-11-12-14(17)19-13-15(2,3)16-18/h4-13H2,1-3H3. The smallest absolute Gasteiger partial charge is 0.305 e. The van der Waals surface area contributed by atoms with Crippen LogP contribution in [0, 0.1) is 4.91 Å². The van der Waals surface area contributed by atoms with E-state index in [2.05, 4.69) is 12.1 Å². The highest BCUT2D eigenvalue weighted by Gasteiger charge is 2.20. The molecule has 0 atom stereocenters. The minimum Gasteiger partial charge on any atom is -0.463 e. The minimum absolute atomic E-state index is 0.0757. The summed E-state index contributed by atoms with van der Waals surface area (Å²) < 4.78 is 5.02. The van der Waals surface area contributed by atoms with E-state index in [1.807, 2.05) is 0 Å². The van der Waals surface area contributed by atoms with Crippen LogP contribution >= 0.6 is 0 Å². The summed E-state index contributed by atoms with van der Waals surface area (Å²) >= 11 is 0. The van der Waals surface area contributed by atoms with Crippen LogP contribution in [-0.4, -0.2) is 18.1 Å². The first-order valence-electron chi connectivity index (χ1n) is 7.52. The largest absolute Gasteiger partial charge is 0.463 e. The first-order chi connectivity index (χ1) is 9.02. The third-order valence-electron chi connectivity index (χ3n) is 3.07. The summed E-state index contributed by atoms with van der Waals surface area (Å²) in [6.45, 7) is 5.60. The van der Waals surface area contributed by atoms with E-state index in [1.54, 1.807) is 13.8 Å². The number of carbonyl (C=O) groups is 1. The summed E-state index contributed by atoms with van der Waals surface area (Å²) in [5.74, 6) is -0.220. The fraction of sp³-hybridized carbons (Fsp3) is 0.933. The molecule has 0 aromatic rings. The van der Waals surface area contributed by atoms with Crippen molar-refractivity contribution in [3.8, 4) is 0 Å². The van der Waals surface area contributed by atoms with E-state index >= 15 is 0 Å². The van der Waals surface area contributed by atoms with Crippen LogP contribution < -0.4 is 0 Å². The molecule has 0 heterocycles. The van der Waals surface area contributed by atoms with Gasteiger partial charge in [-0.2, -0.15) is 4.91 Å². The zero-order valence-electron chi connectivity index (χ0n) is 12.7. The molecule has 0 amide bonds. The van der Waals surface area contributed by atoms with Crippen LogP contribution in [0.15, 0.2) is 5.18 Å². The minimum atomic E-state index is -0.811. The Labute approximate surface area is 117 Å². The van der Waals surface area contributed by atoms with Crippen LogP contribution in [0.5, 0.6) is 0 Å². The van der Waals surface area contributed by atoms with Gasteiger partial charge in [0.1, 0.15) is 12.1 Å². The molecule has 0 bridgehead atoms. The molecule has 0 unspecified atom stereocenters. The van der Waals surface area contributed by atoms with Crippen LogP contribution in [0.1, 0.15) is 78.6 Å². The topological polar surface area (TPSA) is 55.7 Å². The predicted molar refractivity (Wildman–Crippen MR) is 78.1 cm³/mol. The molecule has 0 aromatic heterocycles. The third kappa shape index (κ3) is 11.9. The van der Waals surface area contributed by atoms with E-state index in [0.29, 0.717) is 6.42 Å². The molecule has 4 nitrogen and oxygen atoms in total. The first-order valence-corrected chi connectivity index (χ1v) is 7.52. The SMILES string of the molecule is CCCCCCCCCCC(=O)OCC(C)(C)N=O. The molecule has 0 saturated carbocycles. The summed E-state index contributed by atoms with van der Waals surface area (Å²) in [6.07, 6.45) is 10.1. The second-order valence-electron chi connectivity index (χ2n) is 5.79. The summed E-state index contributed by atoms with van der Waals surface area (Å²) in [4.78, 5) is 21.8. The van der Waals surface area contributed by atoms with Crippen molar-refractivity contribution in [2.75, 3.05) is 6.61 Å². The summed E-state index contributed by atoms with van der Waals surface area (Å²) in [5.41, 5.74) is -0.811. The predicted octanol–water partition coefficient (Wildman–Crippen LogP) is 4.61. The summed E-state index contributed by atoms with van der Waals surface area (Å²) in [6, 6.07) is 0. The van der Waals surface area contributed by atoms with Gasteiger partial charge in [0.15, 0.2) is 0 Å². The maximum absolute atomic E-state index is 11.4. The molecule has 0 spiro atoms. The monoisotopic (exact) mass is 271 g/mol. The second-order valence-corrected chi connectivity index (χ2v) is 5.79. The van der Waals surface area contributed by atoms with Crippen molar-refractivity contribution in [1.82, 2.24) is 0 Å². The highest BCUT2D eigenvalue weighted by atomic mass is 16.5. The maximum atomic E-state index is 11.4. The van der Waals surface area contributed by atoms with Gasteiger partial charge in [-0.05, 0) is 20.3 Å². The normalized spacial score (nSPS) is 11.3. The Morgan fingerprint density at radius 3 is 2.05 bits per heavy atom. The lowest BCUT2D eigenvalue weighted by atomic mass is 10.1. The zero-order chi connectivity index (χ0) is 14.6. The van der Waals surface area contributed by atoms with Crippen LogP contribution in [-0.2, 0) is 9.53 Å². The van der Waals surface area contributed by atoms with Crippen molar-refractivity contribution < 1.29 is 9.53 Å². The number of ether oxygens (including phenoxy) is 1. The van der Waals surface area contributed by atoms with Crippen molar-refractivity contribution in [1.29, 1.82) is 0 Å². The molecule has 0 aliphatic carbocycles. The number of carbonyl (C=O) groups excluding carboxylic acids is 1. The van der Waals surface area contributed by atoms with Crippen LogP contribution in [0.3, 0.4) is 0 Å². The van der Waals surface area contributed by atoms with Crippen molar-refractivity contribution in [3.05, 3.63) is 4.91 Å². The van der Waals surface area contributed by atoms with Gasteiger partial charge in [0.25, 0.3) is 0 Å². The van der Waals surface area contributed by atoms with Gasteiger partial charge in [-0.25, -0.2) is 0 Å².